The van der Waals surface area contributed by atoms with Gasteiger partial charge in [-0.25, -0.2) is 17.6 Å². The number of nitro groups is 1. The first-order valence-corrected chi connectivity index (χ1v) is 17.9. The minimum absolute atomic E-state index is 0.0394. The number of sulfonamides is 1. The topological polar surface area (TPSA) is 191 Å². The summed E-state index contributed by atoms with van der Waals surface area (Å²) in [4.78, 5) is 36.2. The van der Waals surface area contributed by atoms with E-state index in [0.29, 0.717) is 36.9 Å². The van der Waals surface area contributed by atoms with Crippen LogP contribution in [0.4, 0.5) is 14.9 Å². The van der Waals surface area contributed by atoms with Crippen molar-refractivity contribution in [2.24, 2.45) is 5.92 Å². The Bertz CT molecular complexity index is 1810. The van der Waals surface area contributed by atoms with Gasteiger partial charge >= 0.3 is 6.09 Å². The maximum absolute atomic E-state index is 15.7. The van der Waals surface area contributed by atoms with E-state index in [4.69, 9.17) is 5.11 Å². The number of likely N-dealkylation sites (N-methyl/N-ethyl adjacent to an activating group) is 1. The van der Waals surface area contributed by atoms with E-state index in [1.54, 1.807) is 12.1 Å². The molecule has 4 rings (SSSR count). The minimum Gasteiger partial charge on any atom is -0.465 e. The lowest BCUT2D eigenvalue weighted by Gasteiger charge is -2.44. The quantitative estimate of drug-likeness (QED) is 0.0997. The molecule has 270 valence electrons. The largest absolute Gasteiger partial charge is 0.465 e. The fourth-order valence-corrected chi connectivity index (χ4v) is 7.98. The average Bonchev–Trinajstić information content (AvgIpc) is 3.09. The first kappa shape index (κ1) is 38.4. The van der Waals surface area contributed by atoms with Gasteiger partial charge in [-0.1, -0.05) is 55.5 Å². The van der Waals surface area contributed by atoms with Crippen molar-refractivity contribution >= 4 is 27.7 Å². The number of aliphatic hydroxyl groups is 2. The van der Waals surface area contributed by atoms with E-state index in [1.807, 2.05) is 25.1 Å². The molecule has 0 radical (unpaired) electrons. The number of hydrogen-bond donors (Lipinski definition) is 4. The van der Waals surface area contributed by atoms with Gasteiger partial charge < -0.3 is 25.5 Å². The number of carboxylic acid groups (broad SMARTS) is 1. The number of nitro benzene ring substituents is 1. The number of aryl methyl sites for hydroxylation is 1. The highest BCUT2D eigenvalue weighted by Crippen LogP contribution is 2.44. The van der Waals surface area contributed by atoms with Crippen LogP contribution in [0.15, 0.2) is 71.6 Å². The maximum atomic E-state index is 15.7. The number of halogens is 1. The summed E-state index contributed by atoms with van der Waals surface area (Å²) in [6.07, 6.45) is -1.20. The number of carbonyl (C=O) groups excluding carboxylic acids is 1. The molecule has 1 saturated heterocycles. The fraction of sp³-hybridized carbons (Fsp3) is 0.429. The molecule has 15 heteroatoms. The summed E-state index contributed by atoms with van der Waals surface area (Å²) in [6, 6.07) is 16.7. The summed E-state index contributed by atoms with van der Waals surface area (Å²) in [5, 5.41) is 46.2. The van der Waals surface area contributed by atoms with Crippen LogP contribution in [0.3, 0.4) is 0 Å². The van der Waals surface area contributed by atoms with Gasteiger partial charge in [-0.2, -0.15) is 4.31 Å². The molecule has 2 unspecified atom stereocenters. The molecule has 0 spiro atoms. The van der Waals surface area contributed by atoms with Crippen LogP contribution in [0, 0.1) is 21.8 Å². The van der Waals surface area contributed by atoms with Crippen LogP contribution in [0.2, 0.25) is 0 Å². The summed E-state index contributed by atoms with van der Waals surface area (Å²) < 4.78 is 42.7. The second-order valence-electron chi connectivity index (χ2n) is 12.5. The Morgan fingerprint density at radius 3 is 2.58 bits per heavy atom. The van der Waals surface area contributed by atoms with Crippen molar-refractivity contribution in [1.29, 1.82) is 0 Å². The maximum Gasteiger partial charge on any atom is 0.404 e. The molecule has 0 bridgehead atoms. The molecule has 1 fully saturated rings. The van der Waals surface area contributed by atoms with E-state index in [0.717, 1.165) is 29.0 Å². The Labute approximate surface area is 290 Å². The number of nitrogens with zero attached hydrogens (tertiary/aromatic N) is 3. The summed E-state index contributed by atoms with van der Waals surface area (Å²) in [5.74, 6) is -1.63. The summed E-state index contributed by atoms with van der Waals surface area (Å²) in [7, 11) is -3.22. The lowest BCUT2D eigenvalue weighted by molar-refractivity contribution is -0.387. The smallest absolute Gasteiger partial charge is 0.404 e. The van der Waals surface area contributed by atoms with Crippen molar-refractivity contribution in [2.45, 2.75) is 62.0 Å². The summed E-state index contributed by atoms with van der Waals surface area (Å²) in [5.41, 5.74) is -0.211. The highest BCUT2D eigenvalue weighted by molar-refractivity contribution is 7.89. The number of likely N-dealkylation sites (tertiary alicyclic amines) is 1. The molecule has 3 aromatic rings. The molecule has 0 aromatic heterocycles. The van der Waals surface area contributed by atoms with Gasteiger partial charge in [-0.05, 0) is 60.9 Å². The third kappa shape index (κ3) is 8.82. The van der Waals surface area contributed by atoms with Crippen LogP contribution < -0.4 is 5.32 Å². The second kappa shape index (κ2) is 16.5. The van der Waals surface area contributed by atoms with Gasteiger partial charge in [0.05, 0.1) is 23.0 Å². The van der Waals surface area contributed by atoms with E-state index in [-0.39, 0.29) is 31.5 Å². The Morgan fingerprint density at radius 2 is 1.88 bits per heavy atom. The summed E-state index contributed by atoms with van der Waals surface area (Å²) in [6.45, 7) is 1.85. The minimum atomic E-state index is -4.38. The second-order valence-corrected chi connectivity index (χ2v) is 14.5. The van der Waals surface area contributed by atoms with Crippen molar-refractivity contribution in [1.82, 2.24) is 14.5 Å². The van der Waals surface area contributed by atoms with Gasteiger partial charge in [0.25, 0.3) is 5.69 Å². The van der Waals surface area contributed by atoms with Crippen LogP contribution in [-0.4, -0.2) is 89.2 Å². The number of rotatable bonds is 15. The molecule has 0 saturated carbocycles. The molecule has 1 heterocycles. The predicted octanol–water partition coefficient (Wildman–Crippen LogP) is 4.51. The van der Waals surface area contributed by atoms with Gasteiger partial charge in [0.1, 0.15) is 5.82 Å². The van der Waals surface area contributed by atoms with Crippen molar-refractivity contribution in [3.63, 3.8) is 0 Å². The zero-order valence-corrected chi connectivity index (χ0v) is 28.8. The standard InChI is InChI=1S/C35H43FN4O9S/c1-3-24-10-6-11-25(20-24)33-28(13-7-14-29(33)36)35(45,17-9-18-37-34(43)44)26-12-8-19-39(22-26)32(42)21-27(41)23-38(2)50(48,49)31-16-5-4-15-30(31)40(46)47/h4-7,10-11,13-16,20,26-27,37,41,45H,3,8-9,12,17-19,21-23H2,1-2H3,(H,43,44)/t26?,27-,35?/m1/s1. The molecule has 4 N–H and O–H groups in total. The fourth-order valence-electron chi connectivity index (χ4n) is 6.61. The molecular weight excluding hydrogens is 671 g/mol. The third-order valence-electron chi connectivity index (χ3n) is 9.19. The Balaban J connectivity index is 1.57. The number of carbonyl (C=O) groups is 2. The van der Waals surface area contributed by atoms with E-state index in [9.17, 15) is 38.3 Å². The van der Waals surface area contributed by atoms with Gasteiger partial charge in [0.2, 0.25) is 15.9 Å². The highest BCUT2D eigenvalue weighted by Gasteiger charge is 2.43. The Morgan fingerprint density at radius 1 is 1.16 bits per heavy atom. The van der Waals surface area contributed by atoms with E-state index in [2.05, 4.69) is 5.32 Å². The molecule has 1 aliphatic rings. The van der Waals surface area contributed by atoms with Crippen LogP contribution in [0.1, 0.15) is 50.2 Å². The van der Waals surface area contributed by atoms with E-state index < -0.39 is 73.9 Å². The van der Waals surface area contributed by atoms with Crippen molar-refractivity contribution in [3.05, 3.63) is 93.8 Å². The van der Waals surface area contributed by atoms with Crippen LogP contribution >= 0.6 is 0 Å². The molecule has 50 heavy (non-hydrogen) atoms. The predicted molar refractivity (Wildman–Crippen MR) is 183 cm³/mol. The highest BCUT2D eigenvalue weighted by atomic mass is 32.2. The van der Waals surface area contributed by atoms with Crippen molar-refractivity contribution in [2.75, 3.05) is 33.2 Å². The average molecular weight is 715 g/mol. The van der Waals surface area contributed by atoms with Crippen molar-refractivity contribution < 1.29 is 42.6 Å². The monoisotopic (exact) mass is 714 g/mol. The number of nitrogens with one attached hydrogen (secondary N) is 1. The Hall–Kier alpha value is -4.44. The zero-order valence-electron chi connectivity index (χ0n) is 28.0. The van der Waals surface area contributed by atoms with Gasteiger partial charge in [0, 0.05) is 50.8 Å². The number of para-hydroxylation sites is 1. The number of piperidine rings is 1. The van der Waals surface area contributed by atoms with Gasteiger partial charge in [-0.15, -0.1) is 0 Å². The van der Waals surface area contributed by atoms with Crippen LogP contribution in [-0.2, 0) is 26.8 Å². The lowest BCUT2D eigenvalue weighted by atomic mass is 9.72. The molecule has 2 amide bonds. The van der Waals surface area contributed by atoms with Crippen LogP contribution in [0.25, 0.3) is 11.1 Å². The summed E-state index contributed by atoms with van der Waals surface area (Å²) >= 11 is 0. The van der Waals surface area contributed by atoms with E-state index >= 15 is 4.39 Å². The zero-order chi connectivity index (χ0) is 36.6. The third-order valence-corrected chi connectivity index (χ3v) is 11.1. The number of benzene rings is 3. The molecular formula is C35H43FN4O9S. The van der Waals surface area contributed by atoms with Crippen LogP contribution in [0.5, 0.6) is 0 Å². The normalized spacial score (nSPS) is 16.8. The molecule has 0 aliphatic carbocycles. The molecule has 3 aromatic carbocycles. The number of aliphatic hydroxyl groups excluding tert-OH is 1. The van der Waals surface area contributed by atoms with E-state index in [1.165, 1.54) is 29.2 Å². The first-order valence-electron chi connectivity index (χ1n) is 16.4. The molecule has 1 aliphatic heterocycles. The Kier molecular flexibility index (Phi) is 12.7. The number of hydrogen-bond acceptors (Lipinski definition) is 8. The molecule has 13 nitrogen and oxygen atoms in total. The van der Waals surface area contributed by atoms with Gasteiger partial charge in [0.15, 0.2) is 4.90 Å². The van der Waals surface area contributed by atoms with Crippen molar-refractivity contribution in [3.8, 4) is 11.1 Å². The molecule has 3 atom stereocenters. The SMILES string of the molecule is CCc1cccc(-c2c(F)cccc2C(O)(CCCNC(=O)O)C2CCCN(C(=O)C[C@@H](O)CN(C)S(=O)(=O)c3ccccc3[N+](=O)[O-])C2)c1. The number of amides is 2. The lowest BCUT2D eigenvalue weighted by Crippen LogP contribution is -2.49. The van der Waals surface area contributed by atoms with Gasteiger partial charge in [-0.3, -0.25) is 14.9 Å². The first-order chi connectivity index (χ1) is 23.7.